The Morgan fingerprint density at radius 3 is 3.12 bits per heavy atom. The zero-order valence-corrected chi connectivity index (χ0v) is 9.06. The lowest BCUT2D eigenvalue weighted by molar-refractivity contribution is 0.0821. The summed E-state index contributed by atoms with van der Waals surface area (Å²) >= 11 is 0. The number of hydrogen-bond donors (Lipinski definition) is 1. The number of benzene rings is 1. The summed E-state index contributed by atoms with van der Waals surface area (Å²) in [4.78, 5) is 0. The SMILES string of the molecule is Nc1ccc(F)cc1-c1nnc2n1CCOC2. The van der Waals surface area contributed by atoms with Crippen molar-refractivity contribution in [1.29, 1.82) is 0 Å². The number of halogens is 1. The van der Waals surface area contributed by atoms with Gasteiger partial charge in [-0.15, -0.1) is 10.2 Å². The van der Waals surface area contributed by atoms with Crippen LogP contribution in [0.5, 0.6) is 0 Å². The summed E-state index contributed by atoms with van der Waals surface area (Å²) in [5.74, 6) is 1.01. The third-order valence-electron chi connectivity index (χ3n) is 2.77. The van der Waals surface area contributed by atoms with E-state index < -0.39 is 0 Å². The van der Waals surface area contributed by atoms with Crippen molar-refractivity contribution in [3.63, 3.8) is 0 Å². The second kappa shape index (κ2) is 3.81. The highest BCUT2D eigenvalue weighted by atomic mass is 19.1. The van der Waals surface area contributed by atoms with Gasteiger partial charge in [-0.3, -0.25) is 0 Å². The first-order chi connectivity index (χ1) is 8.25. The Morgan fingerprint density at radius 1 is 1.35 bits per heavy atom. The highest BCUT2D eigenvalue weighted by molar-refractivity contribution is 5.71. The van der Waals surface area contributed by atoms with Gasteiger partial charge < -0.3 is 15.0 Å². The van der Waals surface area contributed by atoms with Gasteiger partial charge in [0.25, 0.3) is 0 Å². The molecule has 17 heavy (non-hydrogen) atoms. The van der Waals surface area contributed by atoms with E-state index in [4.69, 9.17) is 10.5 Å². The Hall–Kier alpha value is -1.95. The second-order valence-electron chi connectivity index (χ2n) is 3.88. The van der Waals surface area contributed by atoms with Crippen LogP contribution in [0.2, 0.25) is 0 Å². The van der Waals surface area contributed by atoms with Crippen LogP contribution in [0.1, 0.15) is 5.82 Å². The molecule has 0 spiro atoms. The standard InChI is InChI=1S/C11H11FN4O/c12-7-1-2-9(13)8(5-7)11-15-14-10-6-17-4-3-16(10)11/h1-2,5H,3-4,6,13H2. The van der Waals surface area contributed by atoms with Crippen LogP contribution in [0.3, 0.4) is 0 Å². The lowest BCUT2D eigenvalue weighted by Gasteiger charge is -2.16. The van der Waals surface area contributed by atoms with Crippen molar-refractivity contribution in [3.8, 4) is 11.4 Å². The van der Waals surface area contributed by atoms with Gasteiger partial charge in [-0.25, -0.2) is 4.39 Å². The number of rotatable bonds is 1. The average molecular weight is 234 g/mol. The molecule has 0 amide bonds. The molecule has 1 aromatic heterocycles. The first-order valence-corrected chi connectivity index (χ1v) is 5.31. The molecule has 0 fully saturated rings. The minimum absolute atomic E-state index is 0.335. The van der Waals surface area contributed by atoms with Gasteiger partial charge in [-0.05, 0) is 18.2 Å². The molecular weight excluding hydrogens is 223 g/mol. The third kappa shape index (κ3) is 1.66. The molecular formula is C11H11FN4O. The zero-order valence-electron chi connectivity index (χ0n) is 9.06. The molecule has 0 saturated heterocycles. The maximum absolute atomic E-state index is 13.2. The van der Waals surface area contributed by atoms with E-state index in [9.17, 15) is 4.39 Å². The molecule has 0 unspecified atom stereocenters. The van der Waals surface area contributed by atoms with Gasteiger partial charge in [0, 0.05) is 17.8 Å². The number of ether oxygens (including phenoxy) is 1. The molecule has 5 nitrogen and oxygen atoms in total. The van der Waals surface area contributed by atoms with Crippen LogP contribution in [0.15, 0.2) is 18.2 Å². The molecule has 0 saturated carbocycles. The fourth-order valence-corrected chi connectivity index (χ4v) is 1.92. The highest BCUT2D eigenvalue weighted by Crippen LogP contribution is 2.26. The maximum Gasteiger partial charge on any atom is 0.166 e. The third-order valence-corrected chi connectivity index (χ3v) is 2.77. The van der Waals surface area contributed by atoms with Crippen LogP contribution in [0.25, 0.3) is 11.4 Å². The largest absolute Gasteiger partial charge is 0.398 e. The average Bonchev–Trinajstić information content (AvgIpc) is 2.76. The number of nitrogens with two attached hydrogens (primary N) is 1. The van der Waals surface area contributed by atoms with Crippen LogP contribution in [0.4, 0.5) is 10.1 Å². The predicted octanol–water partition coefficient (Wildman–Crippen LogP) is 1.20. The monoisotopic (exact) mass is 234 g/mol. The Balaban J connectivity index is 2.15. The fraction of sp³-hybridized carbons (Fsp3) is 0.273. The minimum Gasteiger partial charge on any atom is -0.398 e. The lowest BCUT2D eigenvalue weighted by atomic mass is 10.1. The highest BCUT2D eigenvalue weighted by Gasteiger charge is 2.19. The van der Waals surface area contributed by atoms with Crippen molar-refractivity contribution in [2.45, 2.75) is 13.2 Å². The summed E-state index contributed by atoms with van der Waals surface area (Å²) in [5, 5.41) is 8.07. The number of hydrogen-bond acceptors (Lipinski definition) is 4. The molecule has 1 aromatic carbocycles. The van der Waals surface area contributed by atoms with E-state index in [1.54, 1.807) is 0 Å². The van der Waals surface area contributed by atoms with Crippen molar-refractivity contribution < 1.29 is 9.13 Å². The Labute approximate surface area is 97.0 Å². The number of nitrogen functional groups attached to an aromatic ring is 1. The molecule has 1 aliphatic heterocycles. The number of nitrogens with zero attached hydrogens (tertiary/aromatic N) is 3. The van der Waals surface area contributed by atoms with E-state index in [2.05, 4.69) is 10.2 Å². The van der Waals surface area contributed by atoms with Crippen LogP contribution in [-0.2, 0) is 17.9 Å². The van der Waals surface area contributed by atoms with E-state index >= 15 is 0 Å². The van der Waals surface area contributed by atoms with E-state index in [-0.39, 0.29) is 5.82 Å². The number of aromatic nitrogens is 3. The molecule has 2 aromatic rings. The van der Waals surface area contributed by atoms with E-state index in [1.165, 1.54) is 18.2 Å². The van der Waals surface area contributed by atoms with E-state index in [0.717, 1.165) is 5.82 Å². The predicted molar refractivity (Wildman–Crippen MR) is 59.5 cm³/mol. The van der Waals surface area contributed by atoms with Gasteiger partial charge in [-0.1, -0.05) is 0 Å². The fourth-order valence-electron chi connectivity index (χ4n) is 1.92. The summed E-state index contributed by atoms with van der Waals surface area (Å²) in [6.45, 7) is 1.70. The summed E-state index contributed by atoms with van der Waals surface area (Å²) in [6.07, 6.45) is 0. The van der Waals surface area contributed by atoms with Crippen molar-refractivity contribution in [2.75, 3.05) is 12.3 Å². The van der Waals surface area contributed by atoms with Gasteiger partial charge >= 0.3 is 0 Å². The van der Waals surface area contributed by atoms with Crippen LogP contribution in [-0.4, -0.2) is 21.4 Å². The first kappa shape index (κ1) is 10.2. The Morgan fingerprint density at radius 2 is 2.24 bits per heavy atom. The molecule has 88 valence electrons. The number of fused-ring (bicyclic) bond motifs is 1. The lowest BCUT2D eigenvalue weighted by Crippen LogP contribution is -2.17. The van der Waals surface area contributed by atoms with Gasteiger partial charge in [0.05, 0.1) is 6.61 Å². The summed E-state index contributed by atoms with van der Waals surface area (Å²) in [6, 6.07) is 4.24. The molecule has 0 radical (unpaired) electrons. The molecule has 2 N–H and O–H groups in total. The topological polar surface area (TPSA) is 66.0 Å². The van der Waals surface area contributed by atoms with Crippen molar-refractivity contribution in [1.82, 2.24) is 14.8 Å². The number of anilines is 1. The summed E-state index contributed by atoms with van der Waals surface area (Å²) < 4.78 is 20.4. The normalized spacial score (nSPS) is 14.6. The van der Waals surface area contributed by atoms with Gasteiger partial charge in [-0.2, -0.15) is 0 Å². The van der Waals surface area contributed by atoms with Crippen LogP contribution < -0.4 is 5.73 Å². The first-order valence-electron chi connectivity index (χ1n) is 5.31. The van der Waals surface area contributed by atoms with Gasteiger partial charge in [0.15, 0.2) is 11.6 Å². The quantitative estimate of drug-likeness (QED) is 0.753. The van der Waals surface area contributed by atoms with Crippen molar-refractivity contribution in [3.05, 3.63) is 29.8 Å². The molecule has 0 bridgehead atoms. The minimum atomic E-state index is -0.335. The van der Waals surface area contributed by atoms with E-state index in [0.29, 0.717) is 36.8 Å². The summed E-state index contributed by atoms with van der Waals surface area (Å²) in [7, 11) is 0. The smallest absolute Gasteiger partial charge is 0.166 e. The van der Waals surface area contributed by atoms with Crippen LogP contribution >= 0.6 is 0 Å². The molecule has 0 aliphatic carbocycles. The molecule has 2 heterocycles. The molecule has 3 rings (SSSR count). The molecule has 1 aliphatic rings. The van der Waals surface area contributed by atoms with Crippen molar-refractivity contribution in [2.24, 2.45) is 0 Å². The second-order valence-corrected chi connectivity index (χ2v) is 3.88. The van der Waals surface area contributed by atoms with E-state index in [1.807, 2.05) is 4.57 Å². The maximum atomic E-state index is 13.2. The summed E-state index contributed by atoms with van der Waals surface area (Å²) in [5.41, 5.74) is 6.90. The Kier molecular flexibility index (Phi) is 2.29. The van der Waals surface area contributed by atoms with Crippen LogP contribution in [0, 0.1) is 5.82 Å². The Bertz CT molecular complexity index is 567. The van der Waals surface area contributed by atoms with Gasteiger partial charge in [0.2, 0.25) is 0 Å². The van der Waals surface area contributed by atoms with Gasteiger partial charge in [0.1, 0.15) is 12.4 Å². The molecule has 0 atom stereocenters. The van der Waals surface area contributed by atoms with Crippen molar-refractivity contribution >= 4 is 5.69 Å². The molecule has 6 heteroatoms. The zero-order chi connectivity index (χ0) is 11.8.